The minimum absolute atomic E-state index is 0.0680. The number of halogens is 5. The van der Waals surface area contributed by atoms with Crippen LogP contribution in [0.15, 0.2) is 65.8 Å². The second-order valence-corrected chi connectivity index (χ2v) is 14.9. The molecule has 1 aromatic heterocycles. The average Bonchev–Trinajstić information content (AvgIpc) is 3.91. The van der Waals surface area contributed by atoms with Crippen molar-refractivity contribution < 1.29 is 50.2 Å². The van der Waals surface area contributed by atoms with Gasteiger partial charge in [-0.1, -0.05) is 45.0 Å². The Morgan fingerprint density at radius 3 is 2.06 bits per heavy atom. The minimum atomic E-state index is -5.63. The van der Waals surface area contributed by atoms with Crippen molar-refractivity contribution in [2.45, 2.75) is 62.9 Å². The fraction of sp³-hybridized carbons (Fsp3) is 0.286. The van der Waals surface area contributed by atoms with E-state index in [9.17, 15) is 50.2 Å². The van der Waals surface area contributed by atoms with E-state index in [4.69, 9.17) is 0 Å². The SMILES string of the molecule is CC(C)(C)c1cc(CN(C(=O)CN(Cc2cccnc2)S(=O)(=O)c2c(F)c(F)c(F)c(F)c2F)c2ccc(C(=O)O)c(O)c2)cc(C2CC2)c1. The maximum atomic E-state index is 14.9. The molecule has 3 aromatic carbocycles. The number of sulfonamides is 1. The predicted octanol–water partition coefficient (Wildman–Crippen LogP) is 6.78. The number of anilines is 1. The first-order valence-corrected chi connectivity index (χ1v) is 16.8. The number of carbonyl (C=O) groups excluding carboxylic acids is 1. The summed E-state index contributed by atoms with van der Waals surface area (Å²) in [5.41, 5.74) is 1.76. The average molecular weight is 718 g/mol. The lowest BCUT2D eigenvalue weighted by Gasteiger charge is -2.29. The highest BCUT2D eigenvalue weighted by Crippen LogP contribution is 2.42. The van der Waals surface area contributed by atoms with Gasteiger partial charge in [-0.3, -0.25) is 9.78 Å². The van der Waals surface area contributed by atoms with Gasteiger partial charge in [-0.15, -0.1) is 0 Å². The van der Waals surface area contributed by atoms with Crippen molar-refractivity contribution in [1.82, 2.24) is 9.29 Å². The zero-order chi connectivity index (χ0) is 36.7. The number of pyridine rings is 1. The van der Waals surface area contributed by atoms with Crippen LogP contribution in [0.2, 0.25) is 0 Å². The number of aromatic hydroxyl groups is 1. The molecule has 0 saturated heterocycles. The van der Waals surface area contributed by atoms with Crippen molar-refractivity contribution in [2.24, 2.45) is 0 Å². The van der Waals surface area contributed by atoms with Crippen LogP contribution in [0.1, 0.15) is 72.1 Å². The lowest BCUT2D eigenvalue weighted by Crippen LogP contribution is -2.43. The molecule has 0 bridgehead atoms. The molecule has 264 valence electrons. The Balaban J connectivity index is 1.63. The van der Waals surface area contributed by atoms with Gasteiger partial charge in [0.25, 0.3) is 0 Å². The van der Waals surface area contributed by atoms with Gasteiger partial charge in [0.15, 0.2) is 28.2 Å². The van der Waals surface area contributed by atoms with Crippen molar-refractivity contribution in [3.8, 4) is 5.75 Å². The Labute approximate surface area is 284 Å². The molecule has 0 atom stereocenters. The number of aromatic carboxylic acids is 1. The van der Waals surface area contributed by atoms with Gasteiger partial charge < -0.3 is 15.1 Å². The normalized spacial score (nSPS) is 13.5. The Kier molecular flexibility index (Phi) is 10.0. The van der Waals surface area contributed by atoms with E-state index in [1.165, 1.54) is 30.6 Å². The summed E-state index contributed by atoms with van der Waals surface area (Å²) in [5.74, 6) is -15.7. The van der Waals surface area contributed by atoms with E-state index < -0.39 is 80.3 Å². The highest BCUT2D eigenvalue weighted by molar-refractivity contribution is 7.89. The third-order valence-corrected chi connectivity index (χ3v) is 10.1. The molecule has 5 rings (SSSR count). The van der Waals surface area contributed by atoms with Crippen molar-refractivity contribution in [3.05, 3.63) is 118 Å². The van der Waals surface area contributed by atoms with Crippen LogP contribution in [-0.4, -0.2) is 46.3 Å². The number of hydrogen-bond donors (Lipinski definition) is 2. The van der Waals surface area contributed by atoms with Gasteiger partial charge in [0.05, 0.1) is 13.1 Å². The first kappa shape index (κ1) is 36.4. The second-order valence-electron chi connectivity index (χ2n) is 13.0. The fourth-order valence-electron chi connectivity index (χ4n) is 5.37. The van der Waals surface area contributed by atoms with Crippen LogP contribution in [0.5, 0.6) is 5.75 Å². The van der Waals surface area contributed by atoms with Crippen molar-refractivity contribution >= 4 is 27.6 Å². The van der Waals surface area contributed by atoms with Crippen LogP contribution >= 0.6 is 0 Å². The van der Waals surface area contributed by atoms with E-state index in [1.54, 1.807) is 0 Å². The summed E-state index contributed by atoms with van der Waals surface area (Å²) >= 11 is 0. The first-order chi connectivity index (χ1) is 23.4. The largest absolute Gasteiger partial charge is 0.507 e. The summed E-state index contributed by atoms with van der Waals surface area (Å²) in [6.45, 7) is 3.78. The molecule has 15 heteroatoms. The van der Waals surface area contributed by atoms with E-state index in [0.717, 1.165) is 41.0 Å². The molecular weight excluding hydrogens is 685 g/mol. The first-order valence-electron chi connectivity index (χ1n) is 15.3. The summed E-state index contributed by atoms with van der Waals surface area (Å²) in [4.78, 5) is 28.6. The van der Waals surface area contributed by atoms with Crippen LogP contribution in [0.25, 0.3) is 0 Å². The maximum absolute atomic E-state index is 14.9. The Hall–Kier alpha value is -4.89. The van der Waals surface area contributed by atoms with Crippen LogP contribution in [0.4, 0.5) is 27.6 Å². The Bertz CT molecular complexity index is 2060. The van der Waals surface area contributed by atoms with E-state index in [-0.39, 0.29) is 27.5 Å². The molecule has 0 spiro atoms. The van der Waals surface area contributed by atoms with Gasteiger partial charge in [0, 0.05) is 30.7 Å². The summed E-state index contributed by atoms with van der Waals surface area (Å²) in [6, 6.07) is 11.8. The molecular formula is C35H32F5N3O6S. The summed E-state index contributed by atoms with van der Waals surface area (Å²) < 4.78 is 100. The Morgan fingerprint density at radius 1 is 0.880 bits per heavy atom. The lowest BCUT2D eigenvalue weighted by atomic mass is 9.84. The predicted molar refractivity (Wildman–Crippen MR) is 171 cm³/mol. The molecule has 0 radical (unpaired) electrons. The zero-order valence-corrected chi connectivity index (χ0v) is 27.9. The number of amides is 1. The molecule has 1 heterocycles. The molecule has 2 N–H and O–H groups in total. The number of carboxylic acids is 1. The fourth-order valence-corrected chi connectivity index (χ4v) is 6.86. The number of carbonyl (C=O) groups is 2. The molecule has 0 unspecified atom stereocenters. The standard InChI is InChI=1S/C35H32F5N3O6S/c1-35(2,3)23-12-20(11-22(13-23)21-6-7-21)17-43(24-8-9-25(34(46)47)26(44)14-24)27(45)18-42(16-19-5-4-10-41-15-19)50(48,49)33-31(39)29(37)28(36)30(38)32(33)40/h4-5,8-15,21,44H,6-7,16-18H2,1-3H3,(H,46,47). The number of rotatable bonds is 11. The number of hydrogen-bond acceptors (Lipinski definition) is 6. The quantitative estimate of drug-likeness (QED) is 0.0995. The number of phenols is 1. The highest BCUT2D eigenvalue weighted by Gasteiger charge is 2.39. The molecule has 1 saturated carbocycles. The third kappa shape index (κ3) is 7.48. The van der Waals surface area contributed by atoms with Crippen LogP contribution in [0, 0.1) is 29.1 Å². The number of aromatic nitrogens is 1. The second kappa shape index (κ2) is 13.8. The summed E-state index contributed by atoms with van der Waals surface area (Å²) in [6.07, 6.45) is 4.44. The van der Waals surface area contributed by atoms with Crippen molar-refractivity contribution in [3.63, 3.8) is 0 Å². The molecule has 0 aliphatic heterocycles. The molecule has 4 aromatic rings. The van der Waals surface area contributed by atoms with Crippen LogP contribution < -0.4 is 4.90 Å². The summed E-state index contributed by atoms with van der Waals surface area (Å²) in [5, 5.41) is 19.9. The van der Waals surface area contributed by atoms with E-state index in [1.807, 2.05) is 32.9 Å². The molecule has 1 aliphatic carbocycles. The smallest absolute Gasteiger partial charge is 0.339 e. The molecule has 1 amide bonds. The highest BCUT2D eigenvalue weighted by atomic mass is 32.2. The zero-order valence-electron chi connectivity index (χ0n) is 27.1. The topological polar surface area (TPSA) is 128 Å². The van der Waals surface area contributed by atoms with Gasteiger partial charge in [0.1, 0.15) is 11.3 Å². The van der Waals surface area contributed by atoms with Gasteiger partial charge in [-0.2, -0.15) is 4.31 Å². The van der Waals surface area contributed by atoms with Gasteiger partial charge >= 0.3 is 5.97 Å². The van der Waals surface area contributed by atoms with E-state index in [2.05, 4.69) is 11.1 Å². The van der Waals surface area contributed by atoms with Gasteiger partial charge in [-0.25, -0.2) is 35.2 Å². The number of benzene rings is 3. The van der Waals surface area contributed by atoms with Crippen LogP contribution in [-0.2, 0) is 33.3 Å². The van der Waals surface area contributed by atoms with E-state index >= 15 is 0 Å². The van der Waals surface area contributed by atoms with Gasteiger partial charge in [0.2, 0.25) is 21.7 Å². The third-order valence-electron chi connectivity index (χ3n) is 8.26. The minimum Gasteiger partial charge on any atom is -0.507 e. The molecule has 1 fully saturated rings. The Morgan fingerprint density at radius 2 is 1.52 bits per heavy atom. The molecule has 1 aliphatic rings. The monoisotopic (exact) mass is 717 g/mol. The van der Waals surface area contributed by atoms with Crippen LogP contribution in [0.3, 0.4) is 0 Å². The number of nitrogens with zero attached hydrogens (tertiary/aromatic N) is 3. The number of carboxylic acid groups (broad SMARTS) is 1. The van der Waals surface area contributed by atoms with Crippen molar-refractivity contribution in [2.75, 3.05) is 11.4 Å². The lowest BCUT2D eigenvalue weighted by molar-refractivity contribution is -0.119. The molecule has 9 nitrogen and oxygen atoms in total. The maximum Gasteiger partial charge on any atom is 0.339 e. The van der Waals surface area contributed by atoms with E-state index in [0.29, 0.717) is 11.5 Å². The molecule has 50 heavy (non-hydrogen) atoms. The summed E-state index contributed by atoms with van der Waals surface area (Å²) in [7, 11) is -5.63. The van der Waals surface area contributed by atoms with Crippen molar-refractivity contribution in [1.29, 1.82) is 0 Å². The van der Waals surface area contributed by atoms with Gasteiger partial charge in [-0.05, 0) is 64.6 Å².